The van der Waals surface area contributed by atoms with Gasteiger partial charge < -0.3 is 5.11 Å². The van der Waals surface area contributed by atoms with Crippen molar-refractivity contribution in [2.24, 2.45) is 0 Å². The van der Waals surface area contributed by atoms with E-state index in [9.17, 15) is 13.2 Å². The molecule has 84 valence electrons. The molecule has 1 unspecified atom stereocenters. The molecule has 1 aromatic heterocycles. The number of aliphatic hydroxyl groups excluding tert-OH is 1. The van der Waals surface area contributed by atoms with Gasteiger partial charge in [0.2, 0.25) is 0 Å². The van der Waals surface area contributed by atoms with Crippen molar-refractivity contribution >= 4 is 0 Å². The van der Waals surface area contributed by atoms with Gasteiger partial charge in [0.1, 0.15) is 0 Å². The fraction of sp³-hybridized carbons (Fsp3) is 0.500. The van der Waals surface area contributed by atoms with Gasteiger partial charge in [0.05, 0.1) is 11.7 Å². The molecule has 0 fully saturated rings. The Morgan fingerprint density at radius 1 is 1.40 bits per heavy atom. The van der Waals surface area contributed by atoms with Crippen LogP contribution >= 0.6 is 0 Å². The first-order valence-corrected chi connectivity index (χ1v) is 4.60. The molecule has 1 aromatic rings. The van der Waals surface area contributed by atoms with Crippen molar-refractivity contribution in [3.63, 3.8) is 0 Å². The van der Waals surface area contributed by atoms with E-state index in [1.165, 1.54) is 6.07 Å². The topological polar surface area (TPSA) is 33.1 Å². The number of nitrogens with zero attached hydrogens (tertiary/aromatic N) is 1. The predicted octanol–water partition coefficient (Wildman–Crippen LogP) is 2.41. The molecule has 1 rings (SSSR count). The Balaban J connectivity index is 2.65. The summed E-state index contributed by atoms with van der Waals surface area (Å²) in [6.45, 7) is 1.63. The van der Waals surface area contributed by atoms with Gasteiger partial charge in [-0.2, -0.15) is 13.2 Å². The highest BCUT2D eigenvalue weighted by Gasteiger charge is 2.30. The van der Waals surface area contributed by atoms with Crippen molar-refractivity contribution in [1.29, 1.82) is 0 Å². The third-order valence-electron chi connectivity index (χ3n) is 1.97. The number of pyridine rings is 1. The third kappa shape index (κ3) is 3.87. The van der Waals surface area contributed by atoms with Crippen LogP contribution in [0.2, 0.25) is 0 Å². The summed E-state index contributed by atoms with van der Waals surface area (Å²) in [6, 6.07) is 2.34. The Hall–Kier alpha value is -1.10. The second kappa shape index (κ2) is 4.61. The van der Waals surface area contributed by atoms with Gasteiger partial charge in [-0.15, -0.1) is 0 Å². The molecule has 0 spiro atoms. The first-order chi connectivity index (χ1) is 6.89. The second-order valence-electron chi connectivity index (χ2n) is 3.42. The zero-order valence-corrected chi connectivity index (χ0v) is 8.25. The molecule has 0 saturated heterocycles. The largest absolute Gasteiger partial charge is 0.417 e. The Labute approximate surface area is 85.8 Å². The number of alkyl halides is 3. The molecule has 0 bridgehead atoms. The molecular weight excluding hydrogens is 207 g/mol. The van der Waals surface area contributed by atoms with Crippen LogP contribution in [0.4, 0.5) is 13.2 Å². The van der Waals surface area contributed by atoms with Crippen LogP contribution in [0.5, 0.6) is 0 Å². The van der Waals surface area contributed by atoms with Gasteiger partial charge in [-0.1, -0.05) is 0 Å². The van der Waals surface area contributed by atoms with E-state index in [0.29, 0.717) is 18.5 Å². The summed E-state index contributed by atoms with van der Waals surface area (Å²) in [6.07, 6.45) is -3.00. The Kier molecular flexibility index (Phi) is 3.68. The number of hydrogen-bond donors (Lipinski definition) is 1. The Morgan fingerprint density at radius 2 is 2.07 bits per heavy atom. The summed E-state index contributed by atoms with van der Waals surface area (Å²) in [5.41, 5.74) is -0.188. The van der Waals surface area contributed by atoms with Crippen molar-refractivity contribution in [2.75, 3.05) is 0 Å². The molecule has 0 amide bonds. The van der Waals surface area contributed by atoms with Crippen LogP contribution in [0.15, 0.2) is 18.3 Å². The monoisotopic (exact) mass is 219 g/mol. The lowest BCUT2D eigenvalue weighted by Gasteiger charge is -2.07. The maximum atomic E-state index is 12.2. The lowest BCUT2D eigenvalue weighted by atomic mass is 10.1. The van der Waals surface area contributed by atoms with Gasteiger partial charge in [-0.25, -0.2) is 0 Å². The SMILES string of the molecule is CC(O)CCc1ccc(C(F)(F)F)cn1. The third-order valence-corrected chi connectivity index (χ3v) is 1.97. The second-order valence-corrected chi connectivity index (χ2v) is 3.42. The van der Waals surface area contributed by atoms with Crippen molar-refractivity contribution in [3.05, 3.63) is 29.6 Å². The summed E-state index contributed by atoms with van der Waals surface area (Å²) >= 11 is 0. The van der Waals surface area contributed by atoms with Gasteiger partial charge in [0.25, 0.3) is 0 Å². The molecule has 1 atom stereocenters. The number of aliphatic hydroxyl groups is 1. The van der Waals surface area contributed by atoms with Gasteiger partial charge in [0.15, 0.2) is 0 Å². The molecule has 0 aliphatic carbocycles. The Morgan fingerprint density at radius 3 is 2.47 bits per heavy atom. The number of rotatable bonds is 3. The molecular formula is C10H12F3NO. The van der Waals surface area contributed by atoms with Crippen LogP contribution < -0.4 is 0 Å². The van der Waals surface area contributed by atoms with Gasteiger partial charge in [-0.3, -0.25) is 4.98 Å². The molecule has 0 radical (unpaired) electrons. The fourth-order valence-corrected chi connectivity index (χ4v) is 1.10. The molecule has 1 heterocycles. The molecule has 1 N–H and O–H groups in total. The lowest BCUT2D eigenvalue weighted by molar-refractivity contribution is -0.137. The van der Waals surface area contributed by atoms with Crippen molar-refractivity contribution < 1.29 is 18.3 Å². The van der Waals surface area contributed by atoms with Crippen molar-refractivity contribution in [1.82, 2.24) is 4.98 Å². The van der Waals surface area contributed by atoms with E-state index in [-0.39, 0.29) is 0 Å². The first kappa shape index (κ1) is 12.0. The van der Waals surface area contributed by atoms with E-state index in [4.69, 9.17) is 5.11 Å². The molecule has 0 aliphatic rings. The minimum Gasteiger partial charge on any atom is -0.393 e. The summed E-state index contributed by atoms with van der Waals surface area (Å²) in [4.78, 5) is 3.69. The van der Waals surface area contributed by atoms with Crippen LogP contribution in [0.3, 0.4) is 0 Å². The summed E-state index contributed by atoms with van der Waals surface area (Å²) < 4.78 is 36.5. The quantitative estimate of drug-likeness (QED) is 0.846. The number of aromatic nitrogens is 1. The van der Waals surface area contributed by atoms with Gasteiger partial charge in [0, 0.05) is 11.9 Å². The van der Waals surface area contributed by atoms with Gasteiger partial charge in [-0.05, 0) is 31.9 Å². The van der Waals surface area contributed by atoms with E-state index in [1.807, 2.05) is 0 Å². The summed E-state index contributed by atoms with van der Waals surface area (Å²) in [7, 11) is 0. The number of hydrogen-bond acceptors (Lipinski definition) is 2. The molecule has 2 nitrogen and oxygen atoms in total. The van der Waals surface area contributed by atoms with Gasteiger partial charge >= 0.3 is 6.18 Å². The number of aryl methyl sites for hydroxylation is 1. The molecule has 15 heavy (non-hydrogen) atoms. The van der Waals surface area contributed by atoms with E-state index in [2.05, 4.69) is 4.98 Å². The molecule has 5 heteroatoms. The van der Waals surface area contributed by atoms with E-state index in [0.717, 1.165) is 12.3 Å². The van der Waals surface area contributed by atoms with Crippen LogP contribution in [0.25, 0.3) is 0 Å². The first-order valence-electron chi connectivity index (χ1n) is 4.60. The van der Waals surface area contributed by atoms with E-state index < -0.39 is 17.8 Å². The molecule has 0 aromatic carbocycles. The summed E-state index contributed by atoms with van der Waals surface area (Å²) in [5, 5.41) is 8.99. The Bertz CT molecular complexity index is 305. The maximum Gasteiger partial charge on any atom is 0.417 e. The van der Waals surface area contributed by atoms with Crippen LogP contribution in [0, 0.1) is 0 Å². The van der Waals surface area contributed by atoms with Crippen LogP contribution in [-0.2, 0) is 12.6 Å². The zero-order valence-electron chi connectivity index (χ0n) is 8.25. The average Bonchev–Trinajstić information content (AvgIpc) is 2.14. The fourth-order valence-electron chi connectivity index (χ4n) is 1.10. The highest BCUT2D eigenvalue weighted by Crippen LogP contribution is 2.28. The van der Waals surface area contributed by atoms with E-state index >= 15 is 0 Å². The minimum atomic E-state index is -4.34. The minimum absolute atomic E-state index is 0.464. The predicted molar refractivity (Wildman–Crippen MR) is 49.2 cm³/mol. The van der Waals surface area contributed by atoms with E-state index in [1.54, 1.807) is 6.92 Å². The normalized spacial score (nSPS) is 13.9. The molecule has 0 saturated carbocycles. The maximum absolute atomic E-state index is 12.2. The highest BCUT2D eigenvalue weighted by atomic mass is 19.4. The highest BCUT2D eigenvalue weighted by molar-refractivity contribution is 5.16. The van der Waals surface area contributed by atoms with Crippen molar-refractivity contribution in [2.45, 2.75) is 32.0 Å². The zero-order chi connectivity index (χ0) is 11.5. The molecule has 0 aliphatic heterocycles. The van der Waals surface area contributed by atoms with Crippen molar-refractivity contribution in [3.8, 4) is 0 Å². The number of halogens is 3. The average molecular weight is 219 g/mol. The summed E-state index contributed by atoms with van der Waals surface area (Å²) in [5.74, 6) is 0. The van der Waals surface area contributed by atoms with Crippen LogP contribution in [0.1, 0.15) is 24.6 Å². The lowest BCUT2D eigenvalue weighted by Crippen LogP contribution is -2.07. The standard InChI is InChI=1S/C10H12F3NO/c1-7(15)2-4-9-5-3-8(6-14-9)10(11,12)13/h3,5-7,15H,2,4H2,1H3. The van der Waals surface area contributed by atoms with Crippen LogP contribution in [-0.4, -0.2) is 16.2 Å². The smallest absolute Gasteiger partial charge is 0.393 e.